The van der Waals surface area contributed by atoms with Crippen molar-refractivity contribution < 1.29 is 23.1 Å². The summed E-state index contributed by atoms with van der Waals surface area (Å²) in [5.41, 5.74) is 1.17. The summed E-state index contributed by atoms with van der Waals surface area (Å²) in [5, 5.41) is 10.1. The summed E-state index contributed by atoms with van der Waals surface area (Å²) in [6.07, 6.45) is 0. The molecule has 2 N–H and O–H groups in total. The molecule has 0 saturated carbocycles. The number of anilines is 1. The van der Waals surface area contributed by atoms with Gasteiger partial charge < -0.3 is 9.84 Å². The third-order valence-corrected chi connectivity index (χ3v) is 5.17. The summed E-state index contributed by atoms with van der Waals surface area (Å²) in [7, 11) is -2.27. The molecular weight excluding hydrogens is 314 g/mol. The van der Waals surface area contributed by atoms with Gasteiger partial charge in [0.05, 0.1) is 12.0 Å². The smallest absolute Gasteiger partial charge is 0.345 e. The Hall–Kier alpha value is -2.06. The number of rotatable bonds is 5. The maximum absolute atomic E-state index is 12.2. The number of hydrogen-bond donors (Lipinski definition) is 2. The Balaban J connectivity index is 2.28. The van der Waals surface area contributed by atoms with Crippen molar-refractivity contribution in [3.63, 3.8) is 0 Å². The van der Waals surface area contributed by atoms with E-state index in [1.807, 2.05) is 0 Å². The van der Waals surface area contributed by atoms with Crippen LogP contribution in [-0.2, 0) is 10.0 Å². The van der Waals surface area contributed by atoms with Crippen molar-refractivity contribution in [2.24, 2.45) is 0 Å². The maximum atomic E-state index is 12.2. The van der Waals surface area contributed by atoms with E-state index >= 15 is 0 Å². The van der Waals surface area contributed by atoms with E-state index in [0.717, 1.165) is 23.0 Å². The minimum absolute atomic E-state index is 0.0266. The molecule has 0 unspecified atom stereocenters. The Kier molecular flexibility index (Phi) is 4.19. The lowest BCUT2D eigenvalue weighted by Crippen LogP contribution is -2.12. The molecule has 6 nitrogen and oxygen atoms in total. The molecule has 0 radical (unpaired) electrons. The van der Waals surface area contributed by atoms with Crippen molar-refractivity contribution in [2.75, 3.05) is 11.8 Å². The van der Waals surface area contributed by atoms with E-state index in [0.29, 0.717) is 11.4 Å². The zero-order valence-electron chi connectivity index (χ0n) is 11.3. The third kappa shape index (κ3) is 3.34. The molecule has 1 aromatic carbocycles. The second-order valence-electron chi connectivity index (χ2n) is 4.24. The molecule has 1 aromatic heterocycles. The molecule has 0 spiro atoms. The molecular formula is C13H13NO5S2. The van der Waals surface area contributed by atoms with Crippen LogP contribution in [0.3, 0.4) is 0 Å². The molecule has 0 aliphatic carbocycles. The van der Waals surface area contributed by atoms with Crippen molar-refractivity contribution >= 4 is 33.0 Å². The molecule has 0 aliphatic heterocycles. The first-order valence-corrected chi connectivity index (χ1v) is 8.19. The van der Waals surface area contributed by atoms with Gasteiger partial charge in [0.15, 0.2) is 0 Å². The van der Waals surface area contributed by atoms with Crippen LogP contribution in [-0.4, -0.2) is 26.6 Å². The molecule has 0 aliphatic rings. The van der Waals surface area contributed by atoms with Gasteiger partial charge in [-0.3, -0.25) is 4.72 Å². The second kappa shape index (κ2) is 5.74. The average Bonchev–Trinajstić information content (AvgIpc) is 2.89. The largest absolute Gasteiger partial charge is 0.496 e. The van der Waals surface area contributed by atoms with E-state index in [9.17, 15) is 13.2 Å². The normalized spacial score (nSPS) is 11.1. The molecule has 1 heterocycles. The van der Waals surface area contributed by atoms with E-state index in [4.69, 9.17) is 9.84 Å². The Morgan fingerprint density at radius 2 is 2.05 bits per heavy atom. The molecule has 0 saturated heterocycles. The van der Waals surface area contributed by atoms with Gasteiger partial charge in [0.25, 0.3) is 10.0 Å². The average molecular weight is 327 g/mol. The Morgan fingerprint density at radius 1 is 1.33 bits per heavy atom. The number of sulfonamides is 1. The van der Waals surface area contributed by atoms with Crippen LogP contribution in [0.25, 0.3) is 0 Å². The first kappa shape index (κ1) is 15.3. The molecule has 21 heavy (non-hydrogen) atoms. The number of carboxylic acid groups (broad SMARTS) is 1. The number of carboxylic acids is 1. The lowest BCUT2D eigenvalue weighted by Gasteiger charge is -2.09. The zero-order valence-corrected chi connectivity index (χ0v) is 12.9. The minimum Gasteiger partial charge on any atom is -0.496 e. The number of thiophene rings is 1. The lowest BCUT2D eigenvalue weighted by molar-refractivity contribution is 0.0702. The Bertz CT molecular complexity index is 780. The molecule has 0 atom stereocenters. The topological polar surface area (TPSA) is 92.7 Å². The van der Waals surface area contributed by atoms with Crippen LogP contribution in [0.4, 0.5) is 5.69 Å². The number of hydrogen-bond acceptors (Lipinski definition) is 5. The van der Waals surface area contributed by atoms with Crippen LogP contribution in [0.2, 0.25) is 0 Å². The summed E-state index contributed by atoms with van der Waals surface area (Å²) in [6.45, 7) is 1.80. The van der Waals surface area contributed by atoms with Crippen LogP contribution in [0.15, 0.2) is 34.5 Å². The van der Waals surface area contributed by atoms with Crippen LogP contribution in [0.5, 0.6) is 5.75 Å². The number of benzene rings is 1. The summed E-state index contributed by atoms with van der Waals surface area (Å²) in [5.74, 6) is -0.497. The minimum atomic E-state index is -3.81. The summed E-state index contributed by atoms with van der Waals surface area (Å²) < 4.78 is 31.9. The van der Waals surface area contributed by atoms with Crippen LogP contribution < -0.4 is 9.46 Å². The van der Waals surface area contributed by atoms with E-state index in [2.05, 4.69) is 4.72 Å². The van der Waals surface area contributed by atoms with Crippen LogP contribution in [0.1, 0.15) is 15.2 Å². The van der Waals surface area contributed by atoms with Gasteiger partial charge in [-0.05, 0) is 36.8 Å². The van der Waals surface area contributed by atoms with Crippen molar-refractivity contribution in [1.29, 1.82) is 0 Å². The Morgan fingerprint density at radius 3 is 2.57 bits per heavy atom. The summed E-state index contributed by atoms with van der Waals surface area (Å²) in [6, 6.07) is 6.00. The SMILES string of the molecule is COc1ccc(NS(=O)(=O)c2csc(C(=O)O)c2)cc1C. The molecule has 0 bridgehead atoms. The van der Waals surface area contributed by atoms with Crippen LogP contribution in [0, 0.1) is 6.92 Å². The molecule has 0 fully saturated rings. The van der Waals surface area contributed by atoms with Gasteiger partial charge in [-0.25, -0.2) is 13.2 Å². The van der Waals surface area contributed by atoms with Crippen molar-refractivity contribution in [2.45, 2.75) is 11.8 Å². The summed E-state index contributed by atoms with van der Waals surface area (Å²) in [4.78, 5) is 10.7. The highest BCUT2D eigenvalue weighted by Crippen LogP contribution is 2.25. The molecule has 8 heteroatoms. The summed E-state index contributed by atoms with van der Waals surface area (Å²) >= 11 is 0.866. The van der Waals surface area contributed by atoms with E-state index in [1.54, 1.807) is 25.1 Å². The van der Waals surface area contributed by atoms with Gasteiger partial charge >= 0.3 is 5.97 Å². The van der Waals surface area contributed by atoms with Gasteiger partial charge in [-0.15, -0.1) is 11.3 Å². The standard InChI is InChI=1S/C13H13NO5S2/c1-8-5-9(3-4-11(8)19-2)14-21(17,18)10-6-12(13(15)16)20-7-10/h3-7,14H,1-2H3,(H,15,16). The van der Waals surface area contributed by atoms with Gasteiger partial charge in [-0.1, -0.05) is 0 Å². The number of aryl methyl sites for hydroxylation is 1. The number of methoxy groups -OCH3 is 1. The zero-order chi connectivity index (χ0) is 15.6. The van der Waals surface area contributed by atoms with E-state index < -0.39 is 16.0 Å². The number of carbonyl (C=O) groups is 1. The van der Waals surface area contributed by atoms with Gasteiger partial charge in [0.2, 0.25) is 0 Å². The van der Waals surface area contributed by atoms with Gasteiger partial charge in [0.1, 0.15) is 10.6 Å². The van der Waals surface area contributed by atoms with Gasteiger partial charge in [0, 0.05) is 11.1 Å². The number of nitrogens with one attached hydrogen (secondary N) is 1. The quantitative estimate of drug-likeness (QED) is 0.880. The number of ether oxygens (including phenoxy) is 1. The van der Waals surface area contributed by atoms with Gasteiger partial charge in [-0.2, -0.15) is 0 Å². The number of aromatic carboxylic acids is 1. The lowest BCUT2D eigenvalue weighted by atomic mass is 10.2. The molecule has 112 valence electrons. The predicted octanol–water partition coefficient (Wildman–Crippen LogP) is 2.56. The first-order valence-electron chi connectivity index (χ1n) is 5.83. The van der Waals surface area contributed by atoms with Crippen LogP contribution >= 0.6 is 11.3 Å². The monoisotopic (exact) mass is 327 g/mol. The maximum Gasteiger partial charge on any atom is 0.345 e. The first-order chi connectivity index (χ1) is 9.83. The Labute approximate surface area is 126 Å². The highest BCUT2D eigenvalue weighted by molar-refractivity contribution is 7.92. The molecule has 0 amide bonds. The second-order valence-corrected chi connectivity index (χ2v) is 6.84. The fraction of sp³-hybridized carbons (Fsp3) is 0.154. The molecule has 2 aromatic rings. The third-order valence-electron chi connectivity index (χ3n) is 2.74. The van der Waals surface area contributed by atoms with Crippen molar-refractivity contribution in [3.05, 3.63) is 40.1 Å². The fourth-order valence-corrected chi connectivity index (χ4v) is 3.89. The van der Waals surface area contributed by atoms with Crippen molar-refractivity contribution in [1.82, 2.24) is 0 Å². The van der Waals surface area contributed by atoms with E-state index in [1.165, 1.54) is 12.5 Å². The highest BCUT2D eigenvalue weighted by Gasteiger charge is 2.19. The fourth-order valence-electron chi connectivity index (χ4n) is 1.73. The predicted molar refractivity (Wildman–Crippen MR) is 79.8 cm³/mol. The van der Waals surface area contributed by atoms with Crippen molar-refractivity contribution in [3.8, 4) is 5.75 Å². The highest BCUT2D eigenvalue weighted by atomic mass is 32.2. The van der Waals surface area contributed by atoms with E-state index in [-0.39, 0.29) is 9.77 Å². The molecule has 2 rings (SSSR count).